The van der Waals surface area contributed by atoms with Gasteiger partial charge in [0, 0.05) is 10.8 Å². The third-order valence-electron chi connectivity index (χ3n) is 3.35. The van der Waals surface area contributed by atoms with Crippen LogP contribution in [0.5, 0.6) is 0 Å². The second-order valence-electron chi connectivity index (χ2n) is 4.43. The van der Waals surface area contributed by atoms with Crippen LogP contribution < -0.4 is 5.73 Å². The number of fused-ring (bicyclic) bond motifs is 3. The summed E-state index contributed by atoms with van der Waals surface area (Å²) < 4.78 is 0. The van der Waals surface area contributed by atoms with E-state index in [1.807, 2.05) is 11.3 Å². The van der Waals surface area contributed by atoms with Crippen LogP contribution in [0.3, 0.4) is 0 Å². The van der Waals surface area contributed by atoms with E-state index in [1.54, 1.807) is 0 Å². The minimum Gasteiger partial charge on any atom is -0.330 e. The summed E-state index contributed by atoms with van der Waals surface area (Å²) in [7, 11) is 0. The van der Waals surface area contributed by atoms with Gasteiger partial charge in [-0.15, -0.1) is 11.3 Å². The molecule has 1 aliphatic carbocycles. The zero-order chi connectivity index (χ0) is 11.1. The van der Waals surface area contributed by atoms with Crippen LogP contribution in [0.4, 0.5) is 0 Å². The topological polar surface area (TPSA) is 26.0 Å². The van der Waals surface area contributed by atoms with Gasteiger partial charge in [-0.25, -0.2) is 0 Å². The van der Waals surface area contributed by atoms with E-state index in [1.165, 1.54) is 27.1 Å². The lowest BCUT2D eigenvalue weighted by atomic mass is 9.93. The van der Waals surface area contributed by atoms with Crippen molar-refractivity contribution in [1.29, 1.82) is 0 Å². The van der Waals surface area contributed by atoms with E-state index in [-0.39, 0.29) is 0 Å². The van der Waals surface area contributed by atoms with Gasteiger partial charge in [0.2, 0.25) is 0 Å². The van der Waals surface area contributed by atoms with Gasteiger partial charge in [-0.1, -0.05) is 23.8 Å². The van der Waals surface area contributed by atoms with Crippen LogP contribution in [0.1, 0.15) is 29.0 Å². The third kappa shape index (κ3) is 1.34. The van der Waals surface area contributed by atoms with Crippen molar-refractivity contribution in [3.63, 3.8) is 0 Å². The standard InChI is InChI=1S/C14H15NS/c1-9-2-3-11-13(8-9)10(4-6-15)12-5-7-16-14(11)12/h2-3,5,7-8,10H,4,6,15H2,1H3. The summed E-state index contributed by atoms with van der Waals surface area (Å²) in [6, 6.07) is 9.04. The van der Waals surface area contributed by atoms with Crippen molar-refractivity contribution in [3.8, 4) is 10.4 Å². The molecule has 0 spiro atoms. The molecule has 1 aromatic heterocycles. The highest BCUT2D eigenvalue weighted by Crippen LogP contribution is 2.49. The summed E-state index contributed by atoms with van der Waals surface area (Å²) in [6.07, 6.45) is 1.06. The number of hydrogen-bond donors (Lipinski definition) is 1. The fourth-order valence-corrected chi connectivity index (χ4v) is 3.64. The first kappa shape index (κ1) is 10.1. The number of rotatable bonds is 2. The summed E-state index contributed by atoms with van der Waals surface area (Å²) in [5.41, 5.74) is 11.5. The first-order chi connectivity index (χ1) is 7.81. The highest BCUT2D eigenvalue weighted by atomic mass is 32.1. The van der Waals surface area contributed by atoms with Crippen molar-refractivity contribution in [1.82, 2.24) is 0 Å². The fraction of sp³-hybridized carbons (Fsp3) is 0.286. The van der Waals surface area contributed by atoms with Crippen LogP contribution in [0.15, 0.2) is 29.6 Å². The van der Waals surface area contributed by atoms with Crippen molar-refractivity contribution >= 4 is 11.3 Å². The SMILES string of the molecule is Cc1ccc2c(c1)C(CCN)c1ccsc1-2. The number of aryl methyl sites for hydroxylation is 1. The molecular weight excluding hydrogens is 214 g/mol. The van der Waals surface area contributed by atoms with E-state index >= 15 is 0 Å². The van der Waals surface area contributed by atoms with Gasteiger partial charge in [-0.2, -0.15) is 0 Å². The predicted octanol–water partition coefficient (Wildman–Crippen LogP) is 3.52. The maximum absolute atomic E-state index is 5.73. The normalized spacial score (nSPS) is 17.2. The van der Waals surface area contributed by atoms with Crippen molar-refractivity contribution < 1.29 is 0 Å². The molecule has 2 aromatic rings. The van der Waals surface area contributed by atoms with Crippen LogP contribution in [0, 0.1) is 6.92 Å². The molecule has 0 amide bonds. The lowest BCUT2D eigenvalue weighted by Gasteiger charge is -2.11. The molecule has 0 saturated carbocycles. The van der Waals surface area contributed by atoms with Crippen molar-refractivity contribution in [2.24, 2.45) is 5.73 Å². The molecule has 82 valence electrons. The Balaban J connectivity index is 2.19. The highest BCUT2D eigenvalue weighted by Gasteiger charge is 2.28. The summed E-state index contributed by atoms with van der Waals surface area (Å²) in [5.74, 6) is 0.529. The molecule has 0 radical (unpaired) electrons. The summed E-state index contributed by atoms with van der Waals surface area (Å²) in [6.45, 7) is 2.92. The van der Waals surface area contributed by atoms with Gasteiger partial charge in [0.1, 0.15) is 0 Å². The molecule has 16 heavy (non-hydrogen) atoms. The third-order valence-corrected chi connectivity index (χ3v) is 4.32. The maximum Gasteiger partial charge on any atom is 0.0383 e. The van der Waals surface area contributed by atoms with Gasteiger partial charge in [-0.3, -0.25) is 0 Å². The van der Waals surface area contributed by atoms with E-state index in [4.69, 9.17) is 5.73 Å². The highest BCUT2D eigenvalue weighted by molar-refractivity contribution is 7.13. The quantitative estimate of drug-likeness (QED) is 0.837. The smallest absolute Gasteiger partial charge is 0.0383 e. The van der Waals surface area contributed by atoms with E-state index in [0.717, 1.165) is 13.0 Å². The van der Waals surface area contributed by atoms with Gasteiger partial charge < -0.3 is 5.73 Å². The lowest BCUT2D eigenvalue weighted by Crippen LogP contribution is -2.06. The molecule has 0 fully saturated rings. The largest absolute Gasteiger partial charge is 0.330 e. The number of hydrogen-bond acceptors (Lipinski definition) is 2. The Labute approximate surface area is 99.9 Å². The molecule has 1 unspecified atom stereocenters. The summed E-state index contributed by atoms with van der Waals surface area (Å²) in [5, 5.41) is 2.19. The molecule has 0 saturated heterocycles. The van der Waals surface area contributed by atoms with E-state index < -0.39 is 0 Å². The van der Waals surface area contributed by atoms with Crippen molar-refractivity contribution in [3.05, 3.63) is 46.3 Å². The van der Waals surface area contributed by atoms with Gasteiger partial charge in [-0.05, 0) is 48.0 Å². The van der Waals surface area contributed by atoms with E-state index in [9.17, 15) is 0 Å². The average Bonchev–Trinajstić information content (AvgIpc) is 2.82. The molecule has 1 nitrogen and oxygen atoms in total. The number of nitrogens with two attached hydrogens (primary N) is 1. The molecule has 1 aromatic carbocycles. The summed E-state index contributed by atoms with van der Waals surface area (Å²) >= 11 is 1.85. The molecule has 3 rings (SSSR count). The van der Waals surface area contributed by atoms with Crippen molar-refractivity contribution in [2.45, 2.75) is 19.3 Å². The molecule has 0 aliphatic heterocycles. The minimum atomic E-state index is 0.529. The van der Waals surface area contributed by atoms with Gasteiger partial charge in [0.25, 0.3) is 0 Å². The molecule has 2 N–H and O–H groups in total. The van der Waals surface area contributed by atoms with E-state index in [2.05, 4.69) is 36.6 Å². The number of benzene rings is 1. The van der Waals surface area contributed by atoms with E-state index in [0.29, 0.717) is 5.92 Å². The molecule has 1 heterocycles. The van der Waals surface area contributed by atoms with Crippen LogP contribution in [-0.2, 0) is 0 Å². The number of thiophene rings is 1. The first-order valence-corrected chi connectivity index (χ1v) is 6.57. The minimum absolute atomic E-state index is 0.529. The van der Waals surface area contributed by atoms with Crippen LogP contribution in [-0.4, -0.2) is 6.54 Å². The molecule has 0 bridgehead atoms. The monoisotopic (exact) mass is 229 g/mol. The van der Waals surface area contributed by atoms with Gasteiger partial charge >= 0.3 is 0 Å². The first-order valence-electron chi connectivity index (χ1n) is 5.69. The lowest BCUT2D eigenvalue weighted by molar-refractivity contribution is 0.741. The Kier molecular flexibility index (Phi) is 2.34. The zero-order valence-corrected chi connectivity index (χ0v) is 10.2. The van der Waals surface area contributed by atoms with Gasteiger partial charge in [0.05, 0.1) is 0 Å². The molecule has 2 heteroatoms. The Morgan fingerprint density at radius 1 is 1.25 bits per heavy atom. The van der Waals surface area contributed by atoms with Crippen LogP contribution in [0.2, 0.25) is 0 Å². The zero-order valence-electron chi connectivity index (χ0n) is 9.36. The summed E-state index contributed by atoms with van der Waals surface area (Å²) in [4.78, 5) is 1.45. The average molecular weight is 229 g/mol. The Hall–Kier alpha value is -1.12. The Morgan fingerprint density at radius 3 is 2.94 bits per heavy atom. The Morgan fingerprint density at radius 2 is 2.12 bits per heavy atom. The van der Waals surface area contributed by atoms with Crippen LogP contribution >= 0.6 is 11.3 Å². The molecule has 1 atom stereocenters. The Bertz CT molecular complexity index is 527. The molecular formula is C14H15NS. The second-order valence-corrected chi connectivity index (χ2v) is 5.34. The molecule has 1 aliphatic rings. The van der Waals surface area contributed by atoms with Crippen LogP contribution in [0.25, 0.3) is 10.4 Å². The van der Waals surface area contributed by atoms with Gasteiger partial charge in [0.15, 0.2) is 0 Å². The second kappa shape index (κ2) is 3.72. The van der Waals surface area contributed by atoms with Crippen molar-refractivity contribution in [2.75, 3.05) is 6.54 Å². The maximum atomic E-state index is 5.73. The fourth-order valence-electron chi connectivity index (χ4n) is 2.63. The predicted molar refractivity (Wildman–Crippen MR) is 70.0 cm³/mol.